The number of hydrogen-bond acceptors (Lipinski definition) is 3. The van der Waals surface area contributed by atoms with Crippen molar-refractivity contribution in [2.24, 2.45) is 0 Å². The van der Waals surface area contributed by atoms with E-state index < -0.39 is 40.5 Å². The molecule has 0 radical (unpaired) electrons. The number of anilines is 1. The highest BCUT2D eigenvalue weighted by atomic mass is 32.2. The van der Waals surface area contributed by atoms with Crippen LogP contribution in [-0.2, 0) is 11.0 Å². The average Bonchev–Trinajstić information content (AvgIpc) is 2.49. The van der Waals surface area contributed by atoms with Crippen LogP contribution < -0.4 is 10.9 Å². The molecule has 24 heavy (non-hydrogen) atoms. The maximum absolute atomic E-state index is 13.0. The van der Waals surface area contributed by atoms with Crippen LogP contribution in [-0.4, -0.2) is 16.6 Å². The fourth-order valence-electron chi connectivity index (χ4n) is 1.64. The molecule has 0 saturated heterocycles. The van der Waals surface area contributed by atoms with Crippen molar-refractivity contribution in [3.05, 3.63) is 58.0 Å². The quantitative estimate of drug-likeness (QED) is 0.646. The number of hydrogen-bond donors (Lipinski definition) is 2. The molecule has 128 valence electrons. The van der Waals surface area contributed by atoms with Gasteiger partial charge in [-0.05, 0) is 24.3 Å². The number of carbonyl (C=O) groups is 1. The third kappa shape index (κ3) is 4.57. The third-order valence-electron chi connectivity index (χ3n) is 2.77. The summed E-state index contributed by atoms with van der Waals surface area (Å²) in [7, 11) is 0. The van der Waals surface area contributed by atoms with Gasteiger partial charge in [0.25, 0.3) is 5.56 Å². The number of rotatable bonds is 4. The Morgan fingerprint density at radius 3 is 2.50 bits per heavy atom. The maximum atomic E-state index is 13.0. The van der Waals surface area contributed by atoms with Crippen LogP contribution in [0.2, 0.25) is 0 Å². The normalized spacial score (nSPS) is 11.4. The molecule has 1 amide bonds. The summed E-state index contributed by atoms with van der Waals surface area (Å²) in [6.07, 6.45) is -4.18. The second-order valence-electron chi connectivity index (χ2n) is 4.54. The smallest absolute Gasteiger partial charge is 0.327 e. The van der Waals surface area contributed by atoms with E-state index in [-0.39, 0.29) is 10.6 Å². The first-order valence-electron chi connectivity index (χ1n) is 6.34. The van der Waals surface area contributed by atoms with Crippen molar-refractivity contribution >= 4 is 23.4 Å². The highest BCUT2D eigenvalue weighted by molar-refractivity contribution is 8.00. The van der Waals surface area contributed by atoms with E-state index in [0.29, 0.717) is 12.3 Å². The van der Waals surface area contributed by atoms with Crippen LogP contribution in [0.4, 0.5) is 27.6 Å². The van der Waals surface area contributed by atoms with Gasteiger partial charge in [-0.3, -0.25) is 9.59 Å². The number of aromatic amines is 1. The standard InChI is InChI=1S/C14H9F5N2O2S/c15-9-2-1-8(4-10(9)16)24-6-12(22)21-11-3-7(14(17,18)19)5-20-13(11)23/h1-5H,6H2,(H,20,23)(H,21,22). The monoisotopic (exact) mass is 364 g/mol. The Kier molecular flexibility index (Phi) is 5.27. The lowest BCUT2D eigenvalue weighted by Gasteiger charge is -2.09. The molecule has 2 rings (SSSR count). The molecule has 0 fully saturated rings. The number of carbonyl (C=O) groups excluding carboxylic acids is 1. The molecule has 0 atom stereocenters. The van der Waals surface area contributed by atoms with E-state index in [1.807, 2.05) is 10.3 Å². The molecule has 0 spiro atoms. The Labute approximate surface area is 136 Å². The van der Waals surface area contributed by atoms with Gasteiger partial charge in [-0.1, -0.05) is 0 Å². The van der Waals surface area contributed by atoms with Crippen molar-refractivity contribution in [3.63, 3.8) is 0 Å². The number of pyridine rings is 1. The van der Waals surface area contributed by atoms with Crippen molar-refractivity contribution in [1.29, 1.82) is 0 Å². The Hall–Kier alpha value is -2.36. The Morgan fingerprint density at radius 2 is 1.88 bits per heavy atom. The molecule has 0 aliphatic heterocycles. The second-order valence-corrected chi connectivity index (χ2v) is 5.59. The van der Waals surface area contributed by atoms with Crippen molar-refractivity contribution in [3.8, 4) is 0 Å². The minimum absolute atomic E-state index is 0.252. The molecular weight excluding hydrogens is 355 g/mol. The first-order chi connectivity index (χ1) is 11.2. The maximum Gasteiger partial charge on any atom is 0.417 e. The van der Waals surface area contributed by atoms with Gasteiger partial charge in [-0.15, -0.1) is 11.8 Å². The van der Waals surface area contributed by atoms with Crippen molar-refractivity contribution in [2.45, 2.75) is 11.1 Å². The number of alkyl halides is 3. The van der Waals surface area contributed by atoms with E-state index in [0.717, 1.165) is 23.9 Å². The SMILES string of the molecule is O=C(CSc1ccc(F)c(F)c1)Nc1cc(C(F)(F)F)c[nH]c1=O. The molecule has 2 aromatic rings. The third-order valence-corrected chi connectivity index (χ3v) is 3.76. The molecule has 0 bridgehead atoms. The Balaban J connectivity index is 2.04. The minimum atomic E-state index is -4.68. The van der Waals surface area contributed by atoms with Gasteiger partial charge in [0.1, 0.15) is 5.69 Å². The van der Waals surface area contributed by atoms with E-state index >= 15 is 0 Å². The predicted octanol–water partition coefficient (Wildman–Crippen LogP) is 3.40. The summed E-state index contributed by atoms with van der Waals surface area (Å²) in [5.74, 6) is -3.20. The highest BCUT2D eigenvalue weighted by Crippen LogP contribution is 2.29. The molecule has 10 heteroatoms. The van der Waals surface area contributed by atoms with Gasteiger partial charge < -0.3 is 10.3 Å². The summed E-state index contributed by atoms with van der Waals surface area (Å²) in [5.41, 5.74) is -2.57. The van der Waals surface area contributed by atoms with Crippen LogP contribution in [0.1, 0.15) is 5.56 Å². The van der Waals surface area contributed by atoms with Crippen molar-refractivity contribution in [1.82, 2.24) is 4.98 Å². The molecule has 0 aliphatic rings. The van der Waals surface area contributed by atoms with E-state index in [2.05, 4.69) is 0 Å². The van der Waals surface area contributed by atoms with Gasteiger partial charge in [-0.25, -0.2) is 8.78 Å². The zero-order valence-corrected chi connectivity index (χ0v) is 12.5. The Morgan fingerprint density at radius 1 is 1.17 bits per heavy atom. The summed E-state index contributed by atoms with van der Waals surface area (Å²) in [5, 5.41) is 2.05. The first-order valence-corrected chi connectivity index (χ1v) is 7.33. The minimum Gasteiger partial charge on any atom is -0.327 e. The topological polar surface area (TPSA) is 62.0 Å². The van der Waals surface area contributed by atoms with Gasteiger partial charge >= 0.3 is 6.18 Å². The van der Waals surface area contributed by atoms with Crippen molar-refractivity contribution in [2.75, 3.05) is 11.1 Å². The summed E-state index contributed by atoms with van der Waals surface area (Å²) >= 11 is 0.833. The van der Waals surface area contributed by atoms with E-state index in [1.54, 1.807) is 0 Å². The number of nitrogens with one attached hydrogen (secondary N) is 2. The summed E-state index contributed by atoms with van der Waals surface area (Å²) in [6.45, 7) is 0. The van der Waals surface area contributed by atoms with Gasteiger partial charge in [0, 0.05) is 11.1 Å². The number of amides is 1. The van der Waals surface area contributed by atoms with E-state index in [9.17, 15) is 31.5 Å². The van der Waals surface area contributed by atoms with Crippen LogP contribution in [0.25, 0.3) is 0 Å². The lowest BCUT2D eigenvalue weighted by atomic mass is 10.2. The van der Waals surface area contributed by atoms with Gasteiger partial charge in [0.15, 0.2) is 11.6 Å². The summed E-state index contributed by atoms with van der Waals surface area (Å²) < 4.78 is 63.5. The average molecular weight is 364 g/mol. The van der Waals surface area contributed by atoms with Gasteiger partial charge in [-0.2, -0.15) is 13.2 Å². The lowest BCUT2D eigenvalue weighted by molar-refractivity contribution is -0.137. The second kappa shape index (κ2) is 7.04. The summed E-state index contributed by atoms with van der Waals surface area (Å²) in [6, 6.07) is 3.52. The molecule has 0 aliphatic carbocycles. The predicted molar refractivity (Wildman–Crippen MR) is 77.8 cm³/mol. The van der Waals surface area contributed by atoms with E-state index in [1.165, 1.54) is 6.07 Å². The number of aromatic nitrogens is 1. The van der Waals surface area contributed by atoms with Crippen LogP contribution in [0.5, 0.6) is 0 Å². The van der Waals surface area contributed by atoms with Gasteiger partial charge in [0.2, 0.25) is 5.91 Å². The number of H-pyrrole nitrogens is 1. The molecule has 1 aromatic heterocycles. The molecule has 1 heterocycles. The molecule has 4 nitrogen and oxygen atoms in total. The largest absolute Gasteiger partial charge is 0.417 e. The molecule has 0 unspecified atom stereocenters. The zero-order valence-electron chi connectivity index (χ0n) is 11.7. The van der Waals surface area contributed by atoms with Crippen LogP contribution in [0, 0.1) is 11.6 Å². The zero-order chi connectivity index (χ0) is 17.9. The van der Waals surface area contributed by atoms with Crippen LogP contribution >= 0.6 is 11.8 Å². The molecule has 2 N–H and O–H groups in total. The molecular formula is C14H9F5N2O2S. The fourth-order valence-corrected chi connectivity index (χ4v) is 2.36. The first kappa shape index (κ1) is 18.0. The lowest BCUT2D eigenvalue weighted by Crippen LogP contribution is -2.22. The molecule has 1 aromatic carbocycles. The Bertz CT molecular complexity index is 820. The number of benzene rings is 1. The van der Waals surface area contributed by atoms with E-state index in [4.69, 9.17) is 0 Å². The fraction of sp³-hybridized carbons (Fsp3) is 0.143. The van der Waals surface area contributed by atoms with Crippen LogP contribution in [0.15, 0.2) is 40.2 Å². The summed E-state index contributed by atoms with van der Waals surface area (Å²) in [4.78, 5) is 25.3. The molecule has 0 saturated carbocycles. The van der Waals surface area contributed by atoms with Crippen molar-refractivity contribution < 1.29 is 26.7 Å². The van der Waals surface area contributed by atoms with Gasteiger partial charge in [0.05, 0.1) is 11.3 Å². The van der Waals surface area contributed by atoms with Crippen LogP contribution in [0.3, 0.4) is 0 Å². The highest BCUT2D eigenvalue weighted by Gasteiger charge is 2.31. The number of thioether (sulfide) groups is 1. The number of halogens is 5.